The first kappa shape index (κ1) is 23.5. The van der Waals surface area contributed by atoms with E-state index in [1.807, 2.05) is 30.3 Å². The first-order valence-electron chi connectivity index (χ1n) is 11.3. The topological polar surface area (TPSA) is 38.3 Å². The van der Waals surface area contributed by atoms with Crippen LogP contribution in [0.25, 0.3) is 0 Å². The Morgan fingerprint density at radius 1 is 0.741 bits per heavy atom. The molecule has 3 nitrogen and oxygen atoms in total. The van der Waals surface area contributed by atoms with Crippen LogP contribution in [0.2, 0.25) is 0 Å². The van der Waals surface area contributed by atoms with E-state index in [4.69, 9.17) is 4.74 Å². The summed E-state index contributed by atoms with van der Waals surface area (Å²) >= 11 is 0. The number of amides is 1. The Labute approximate surface area is 167 Å². The zero-order valence-corrected chi connectivity index (χ0v) is 17.5. The number of nitrogens with one attached hydrogen (secondary N) is 1. The third-order valence-electron chi connectivity index (χ3n) is 4.97. The summed E-state index contributed by atoms with van der Waals surface area (Å²) in [6.45, 7) is 3.13. The summed E-state index contributed by atoms with van der Waals surface area (Å²) in [6.07, 6.45) is 18.9. The van der Waals surface area contributed by atoms with Crippen molar-refractivity contribution in [1.29, 1.82) is 0 Å². The van der Waals surface area contributed by atoms with Crippen molar-refractivity contribution in [3.63, 3.8) is 0 Å². The van der Waals surface area contributed by atoms with Crippen LogP contribution in [0.1, 0.15) is 96.8 Å². The molecule has 0 atom stereocenters. The lowest BCUT2D eigenvalue weighted by atomic mass is 10.0. The summed E-state index contributed by atoms with van der Waals surface area (Å²) in [4.78, 5) is 11.7. The second kappa shape index (κ2) is 17.9. The number of unbranched alkanes of at least 4 members (excludes halogenated alkanes) is 13. The molecular weight excluding hydrogens is 334 g/mol. The maximum Gasteiger partial charge on any atom is 0.257 e. The van der Waals surface area contributed by atoms with Gasteiger partial charge in [0.1, 0.15) is 5.75 Å². The van der Waals surface area contributed by atoms with Crippen LogP contribution in [0.5, 0.6) is 5.75 Å². The standard InChI is InChI=1S/C24H41NO2/c1-2-3-4-5-6-7-8-9-10-11-12-13-14-18-21-25-24(26)22-27-23-19-16-15-17-20-23/h15-17,19-20H,2-14,18,21-22H2,1H3,(H,25,26). The van der Waals surface area contributed by atoms with Gasteiger partial charge in [-0.3, -0.25) is 4.79 Å². The van der Waals surface area contributed by atoms with Crippen LogP contribution in [-0.4, -0.2) is 19.1 Å². The number of para-hydroxylation sites is 1. The maximum absolute atomic E-state index is 11.7. The molecule has 0 aliphatic heterocycles. The molecule has 0 spiro atoms. The molecular formula is C24H41NO2. The Kier molecular flexibility index (Phi) is 15.6. The number of ether oxygens (including phenoxy) is 1. The van der Waals surface area contributed by atoms with Crippen LogP contribution in [0.3, 0.4) is 0 Å². The molecule has 0 saturated heterocycles. The van der Waals surface area contributed by atoms with Gasteiger partial charge >= 0.3 is 0 Å². The molecule has 1 rings (SSSR count). The van der Waals surface area contributed by atoms with E-state index < -0.39 is 0 Å². The molecule has 27 heavy (non-hydrogen) atoms. The highest BCUT2D eigenvalue weighted by Gasteiger charge is 2.01. The highest BCUT2D eigenvalue weighted by Crippen LogP contribution is 2.13. The van der Waals surface area contributed by atoms with E-state index in [2.05, 4.69) is 12.2 Å². The van der Waals surface area contributed by atoms with Crippen LogP contribution in [0.15, 0.2) is 30.3 Å². The minimum absolute atomic E-state index is 0.0338. The van der Waals surface area contributed by atoms with Crippen molar-refractivity contribution in [2.45, 2.75) is 96.8 Å². The molecule has 0 fully saturated rings. The molecule has 154 valence electrons. The van der Waals surface area contributed by atoms with Crippen molar-refractivity contribution in [1.82, 2.24) is 5.32 Å². The summed E-state index contributed by atoms with van der Waals surface area (Å²) in [7, 11) is 0. The molecule has 0 aliphatic carbocycles. The number of hydrogen-bond acceptors (Lipinski definition) is 2. The molecule has 1 aromatic carbocycles. The molecule has 0 bridgehead atoms. The highest BCUT2D eigenvalue weighted by molar-refractivity contribution is 5.77. The average molecular weight is 376 g/mol. The van der Waals surface area contributed by atoms with E-state index in [-0.39, 0.29) is 12.5 Å². The molecule has 1 amide bonds. The maximum atomic E-state index is 11.7. The first-order chi connectivity index (χ1) is 13.3. The first-order valence-corrected chi connectivity index (χ1v) is 11.3. The van der Waals surface area contributed by atoms with E-state index in [1.54, 1.807) is 0 Å². The predicted molar refractivity (Wildman–Crippen MR) is 115 cm³/mol. The summed E-state index contributed by atoms with van der Waals surface area (Å²) in [5.74, 6) is 0.706. The van der Waals surface area contributed by atoms with Crippen LogP contribution < -0.4 is 10.1 Å². The van der Waals surface area contributed by atoms with Gasteiger partial charge in [0.25, 0.3) is 5.91 Å². The van der Waals surface area contributed by atoms with Gasteiger partial charge in [-0.05, 0) is 18.6 Å². The van der Waals surface area contributed by atoms with E-state index in [0.29, 0.717) is 0 Å². The molecule has 0 saturated carbocycles. The third kappa shape index (κ3) is 15.3. The lowest BCUT2D eigenvalue weighted by Crippen LogP contribution is -2.29. The third-order valence-corrected chi connectivity index (χ3v) is 4.97. The Morgan fingerprint density at radius 3 is 1.74 bits per heavy atom. The lowest BCUT2D eigenvalue weighted by Gasteiger charge is -2.07. The minimum atomic E-state index is -0.0338. The van der Waals surface area contributed by atoms with Gasteiger partial charge in [0.2, 0.25) is 0 Å². The van der Waals surface area contributed by atoms with Gasteiger partial charge in [0, 0.05) is 6.54 Å². The summed E-state index contributed by atoms with van der Waals surface area (Å²) < 4.78 is 5.43. The minimum Gasteiger partial charge on any atom is -0.484 e. The van der Waals surface area contributed by atoms with Crippen molar-refractivity contribution >= 4 is 5.91 Å². The van der Waals surface area contributed by atoms with Gasteiger partial charge in [-0.15, -0.1) is 0 Å². The molecule has 1 N–H and O–H groups in total. The Hall–Kier alpha value is -1.51. The molecule has 0 radical (unpaired) electrons. The zero-order chi connectivity index (χ0) is 19.4. The second-order valence-corrected chi connectivity index (χ2v) is 7.55. The monoisotopic (exact) mass is 375 g/mol. The van der Waals surface area contributed by atoms with E-state index in [0.717, 1.165) is 18.7 Å². The van der Waals surface area contributed by atoms with E-state index in [1.165, 1.54) is 83.5 Å². The SMILES string of the molecule is CCCCCCCCCCCCCCCCNC(=O)COc1ccccc1. The summed E-state index contributed by atoms with van der Waals surface area (Å²) in [5, 5.41) is 2.93. The molecule has 0 heterocycles. The van der Waals surface area contributed by atoms with Crippen molar-refractivity contribution in [2.75, 3.05) is 13.2 Å². The lowest BCUT2D eigenvalue weighted by molar-refractivity contribution is -0.123. The second-order valence-electron chi connectivity index (χ2n) is 7.55. The van der Waals surface area contributed by atoms with Gasteiger partial charge in [-0.25, -0.2) is 0 Å². The molecule has 0 aromatic heterocycles. The normalized spacial score (nSPS) is 10.7. The van der Waals surface area contributed by atoms with E-state index >= 15 is 0 Å². The number of carbonyl (C=O) groups excluding carboxylic acids is 1. The van der Waals surface area contributed by atoms with Gasteiger partial charge < -0.3 is 10.1 Å². The number of benzene rings is 1. The van der Waals surface area contributed by atoms with Crippen LogP contribution >= 0.6 is 0 Å². The number of rotatable bonds is 18. The van der Waals surface area contributed by atoms with Gasteiger partial charge in [-0.1, -0.05) is 109 Å². The van der Waals surface area contributed by atoms with E-state index in [9.17, 15) is 4.79 Å². The van der Waals surface area contributed by atoms with Gasteiger partial charge in [-0.2, -0.15) is 0 Å². The fraction of sp³-hybridized carbons (Fsp3) is 0.708. The largest absolute Gasteiger partial charge is 0.484 e. The van der Waals surface area contributed by atoms with Gasteiger partial charge in [0.15, 0.2) is 6.61 Å². The smallest absolute Gasteiger partial charge is 0.257 e. The molecule has 0 aliphatic rings. The fourth-order valence-electron chi connectivity index (χ4n) is 3.26. The molecule has 1 aromatic rings. The van der Waals surface area contributed by atoms with Crippen molar-refractivity contribution < 1.29 is 9.53 Å². The average Bonchev–Trinajstić information content (AvgIpc) is 2.70. The van der Waals surface area contributed by atoms with Crippen molar-refractivity contribution in [2.24, 2.45) is 0 Å². The molecule has 0 unspecified atom stereocenters. The number of hydrogen-bond donors (Lipinski definition) is 1. The van der Waals surface area contributed by atoms with Crippen molar-refractivity contribution in [3.8, 4) is 5.75 Å². The Morgan fingerprint density at radius 2 is 1.22 bits per heavy atom. The fourth-order valence-corrected chi connectivity index (χ4v) is 3.26. The summed E-state index contributed by atoms with van der Waals surface area (Å²) in [6, 6.07) is 9.47. The van der Waals surface area contributed by atoms with Crippen LogP contribution in [0.4, 0.5) is 0 Å². The molecule has 3 heteroatoms. The quantitative estimate of drug-likeness (QED) is 0.291. The number of carbonyl (C=O) groups is 1. The predicted octanol–water partition coefficient (Wildman–Crippen LogP) is 6.66. The Bertz CT molecular complexity index is 447. The van der Waals surface area contributed by atoms with Crippen LogP contribution in [0, 0.1) is 0 Å². The van der Waals surface area contributed by atoms with Gasteiger partial charge in [0.05, 0.1) is 0 Å². The zero-order valence-electron chi connectivity index (χ0n) is 17.5. The van der Waals surface area contributed by atoms with Crippen LogP contribution in [-0.2, 0) is 4.79 Å². The Balaban J connectivity index is 1.77. The highest BCUT2D eigenvalue weighted by atomic mass is 16.5. The summed E-state index contributed by atoms with van der Waals surface area (Å²) in [5.41, 5.74) is 0. The van der Waals surface area contributed by atoms with Crippen molar-refractivity contribution in [3.05, 3.63) is 30.3 Å².